The van der Waals surface area contributed by atoms with Crippen LogP contribution < -0.4 is 0 Å². The van der Waals surface area contributed by atoms with Crippen LogP contribution in [0.1, 0.15) is 136 Å². The molecule has 0 spiro atoms. The Kier molecular flexibility index (Phi) is 32.7. The Labute approximate surface area is 317 Å². The molecule has 2 atom stereocenters. The standard InChI is InChI=1S/C44H73NO7/c1-6-8-10-12-14-16-18-20-21-23-25-27-29-31-33-35-43(47)52-40(38-50-37-36-41(44(48)49)45(3,4)5)39-51-42(46)34-32-30-28-26-24-22-19-17-15-13-11-9-7-2/h9,11,13,15-19,22,24,26,28,40-41H,6-8,10,12,14,20-21,23,25,27,29-39H2,1-5H3/p+1/b11-9+,15-13+,18-16+,19-17+,24-22+,28-26+. The van der Waals surface area contributed by atoms with E-state index in [2.05, 4.69) is 32.1 Å². The van der Waals surface area contributed by atoms with E-state index >= 15 is 0 Å². The summed E-state index contributed by atoms with van der Waals surface area (Å²) in [4.78, 5) is 36.8. The maximum atomic E-state index is 12.7. The number of aliphatic carboxylic acids is 1. The third kappa shape index (κ3) is 32.7. The van der Waals surface area contributed by atoms with Crippen molar-refractivity contribution in [2.45, 2.75) is 148 Å². The molecule has 52 heavy (non-hydrogen) atoms. The topological polar surface area (TPSA) is 99.1 Å². The number of allylic oxidation sites excluding steroid dienone is 12. The monoisotopic (exact) mass is 729 g/mol. The summed E-state index contributed by atoms with van der Waals surface area (Å²) in [6.07, 6.45) is 42.4. The fourth-order valence-electron chi connectivity index (χ4n) is 5.35. The van der Waals surface area contributed by atoms with Crippen LogP contribution in [0, 0.1) is 0 Å². The summed E-state index contributed by atoms with van der Waals surface area (Å²) < 4.78 is 17.1. The van der Waals surface area contributed by atoms with Gasteiger partial charge in [0.2, 0.25) is 0 Å². The number of nitrogens with zero attached hydrogens (tertiary/aromatic N) is 1. The van der Waals surface area contributed by atoms with E-state index in [0.717, 1.165) is 32.1 Å². The van der Waals surface area contributed by atoms with E-state index in [1.165, 1.54) is 64.2 Å². The van der Waals surface area contributed by atoms with Crippen LogP contribution in [0.4, 0.5) is 0 Å². The van der Waals surface area contributed by atoms with Crippen LogP contribution in [0.25, 0.3) is 0 Å². The van der Waals surface area contributed by atoms with Crippen molar-refractivity contribution in [3.8, 4) is 0 Å². The van der Waals surface area contributed by atoms with Crippen molar-refractivity contribution in [1.29, 1.82) is 0 Å². The molecule has 296 valence electrons. The molecule has 0 radical (unpaired) electrons. The number of quaternary nitrogens is 1. The van der Waals surface area contributed by atoms with Crippen molar-refractivity contribution in [3.63, 3.8) is 0 Å². The molecule has 0 rings (SSSR count). The zero-order valence-corrected chi connectivity index (χ0v) is 33.5. The molecule has 8 nitrogen and oxygen atoms in total. The second kappa shape index (κ2) is 34.8. The Morgan fingerprint density at radius 2 is 1.12 bits per heavy atom. The molecule has 0 aromatic heterocycles. The second-order valence-electron chi connectivity index (χ2n) is 14.3. The van der Waals surface area contributed by atoms with Crippen LogP contribution in [0.5, 0.6) is 0 Å². The van der Waals surface area contributed by atoms with E-state index in [-0.39, 0.29) is 42.7 Å². The number of carbonyl (C=O) groups excluding carboxylic acids is 2. The van der Waals surface area contributed by atoms with Gasteiger partial charge in [0.1, 0.15) is 6.61 Å². The molecular weight excluding hydrogens is 654 g/mol. The Hall–Kier alpha value is -3.23. The minimum absolute atomic E-state index is 0.0330. The van der Waals surface area contributed by atoms with E-state index in [0.29, 0.717) is 19.3 Å². The molecule has 0 aliphatic heterocycles. The van der Waals surface area contributed by atoms with Crippen molar-refractivity contribution in [1.82, 2.24) is 0 Å². The van der Waals surface area contributed by atoms with Crippen LogP contribution >= 0.6 is 0 Å². The first-order chi connectivity index (χ1) is 25.1. The summed E-state index contributed by atoms with van der Waals surface area (Å²) in [7, 11) is 5.49. The fraction of sp³-hybridized carbons (Fsp3) is 0.659. The summed E-state index contributed by atoms with van der Waals surface area (Å²) in [6, 6.07) is -0.628. The van der Waals surface area contributed by atoms with Gasteiger partial charge in [-0.05, 0) is 51.4 Å². The van der Waals surface area contributed by atoms with Gasteiger partial charge in [0, 0.05) is 19.3 Å². The number of unbranched alkanes of at least 4 members (excludes halogenated alkanes) is 12. The molecule has 0 aromatic carbocycles. The lowest BCUT2D eigenvalue weighted by atomic mass is 10.1. The van der Waals surface area contributed by atoms with Crippen LogP contribution in [0.2, 0.25) is 0 Å². The molecule has 0 aliphatic rings. The quantitative estimate of drug-likeness (QED) is 0.0231. The molecule has 0 bridgehead atoms. The van der Waals surface area contributed by atoms with Gasteiger partial charge in [0.15, 0.2) is 12.1 Å². The molecule has 0 saturated heterocycles. The third-order valence-corrected chi connectivity index (χ3v) is 8.47. The fourth-order valence-corrected chi connectivity index (χ4v) is 5.35. The zero-order valence-electron chi connectivity index (χ0n) is 33.5. The highest BCUT2D eigenvalue weighted by atomic mass is 16.6. The minimum atomic E-state index is -0.889. The van der Waals surface area contributed by atoms with Gasteiger partial charge >= 0.3 is 17.9 Å². The number of esters is 2. The first-order valence-electron chi connectivity index (χ1n) is 20.0. The van der Waals surface area contributed by atoms with Crippen molar-refractivity contribution < 1.29 is 38.2 Å². The highest BCUT2D eigenvalue weighted by Crippen LogP contribution is 2.13. The van der Waals surface area contributed by atoms with Gasteiger partial charge in [-0.15, -0.1) is 0 Å². The average Bonchev–Trinajstić information content (AvgIpc) is 3.09. The molecule has 2 unspecified atom stereocenters. The summed E-state index contributed by atoms with van der Waals surface area (Å²) >= 11 is 0. The Balaban J connectivity index is 4.53. The lowest BCUT2D eigenvalue weighted by molar-refractivity contribution is -0.887. The zero-order chi connectivity index (χ0) is 38.5. The van der Waals surface area contributed by atoms with E-state index in [1.807, 2.05) is 75.8 Å². The van der Waals surface area contributed by atoms with Crippen molar-refractivity contribution in [2.75, 3.05) is 41.0 Å². The molecule has 1 N–H and O–H groups in total. The minimum Gasteiger partial charge on any atom is -0.477 e. The summed E-state index contributed by atoms with van der Waals surface area (Å²) in [5, 5.41) is 9.59. The summed E-state index contributed by atoms with van der Waals surface area (Å²) in [6.45, 7) is 4.47. The highest BCUT2D eigenvalue weighted by Gasteiger charge is 2.31. The van der Waals surface area contributed by atoms with Gasteiger partial charge in [0.25, 0.3) is 0 Å². The van der Waals surface area contributed by atoms with Crippen molar-refractivity contribution in [2.24, 2.45) is 0 Å². The van der Waals surface area contributed by atoms with Gasteiger partial charge in [0.05, 0.1) is 34.4 Å². The van der Waals surface area contributed by atoms with Crippen LogP contribution in [-0.2, 0) is 28.6 Å². The smallest absolute Gasteiger partial charge is 0.362 e. The first kappa shape index (κ1) is 48.8. The predicted molar refractivity (Wildman–Crippen MR) is 215 cm³/mol. The van der Waals surface area contributed by atoms with Crippen LogP contribution in [-0.4, -0.2) is 80.6 Å². The van der Waals surface area contributed by atoms with Crippen molar-refractivity contribution in [3.05, 3.63) is 72.9 Å². The number of rotatable bonds is 34. The Morgan fingerprint density at radius 1 is 0.596 bits per heavy atom. The van der Waals surface area contributed by atoms with E-state index in [9.17, 15) is 19.5 Å². The predicted octanol–water partition coefficient (Wildman–Crippen LogP) is 10.4. The Morgan fingerprint density at radius 3 is 1.69 bits per heavy atom. The molecule has 0 aromatic rings. The molecule has 0 aliphatic carbocycles. The molecular formula is C44H74NO7+. The first-order valence-corrected chi connectivity index (χ1v) is 20.0. The molecule has 8 heteroatoms. The number of hydrogen-bond acceptors (Lipinski definition) is 6. The van der Waals surface area contributed by atoms with Crippen molar-refractivity contribution >= 4 is 17.9 Å². The number of carboxylic acid groups (broad SMARTS) is 1. The SMILES string of the molecule is CC/C=C/C=C/C=C/C=C/C=C/CCCC(=O)OCC(COCCC(C(=O)O)[N+](C)(C)C)OC(=O)CCCCCCCCC/C=C/CCCCCC. The summed E-state index contributed by atoms with van der Waals surface area (Å²) in [5.41, 5.74) is 0. The number of carbonyl (C=O) groups is 3. The molecule has 0 fully saturated rings. The molecule has 0 heterocycles. The number of carboxylic acids is 1. The number of ether oxygens (including phenoxy) is 3. The number of hydrogen-bond donors (Lipinski definition) is 1. The maximum Gasteiger partial charge on any atom is 0.362 e. The second-order valence-corrected chi connectivity index (χ2v) is 14.3. The lowest BCUT2D eigenvalue weighted by Crippen LogP contribution is -2.50. The largest absolute Gasteiger partial charge is 0.477 e. The normalized spacial score (nSPS) is 13.8. The van der Waals surface area contributed by atoms with E-state index in [4.69, 9.17) is 14.2 Å². The Bertz CT molecular complexity index is 1080. The van der Waals surface area contributed by atoms with Gasteiger partial charge in [-0.2, -0.15) is 0 Å². The molecule has 0 amide bonds. The number of likely N-dealkylation sites (N-methyl/N-ethyl adjacent to an activating group) is 1. The van der Waals surface area contributed by atoms with E-state index < -0.39 is 18.1 Å². The molecule has 0 saturated carbocycles. The third-order valence-electron chi connectivity index (χ3n) is 8.47. The van der Waals surface area contributed by atoms with E-state index in [1.54, 1.807) is 0 Å². The lowest BCUT2D eigenvalue weighted by Gasteiger charge is -2.31. The van der Waals surface area contributed by atoms with Gasteiger partial charge in [-0.25, -0.2) is 4.79 Å². The van der Waals surface area contributed by atoms with Gasteiger partial charge in [-0.1, -0.05) is 138 Å². The van der Waals surface area contributed by atoms with Gasteiger partial charge < -0.3 is 23.8 Å². The van der Waals surface area contributed by atoms with Gasteiger partial charge in [-0.3, -0.25) is 9.59 Å². The summed E-state index contributed by atoms with van der Waals surface area (Å²) in [5.74, 6) is -1.58. The maximum absolute atomic E-state index is 12.7. The highest BCUT2D eigenvalue weighted by molar-refractivity contribution is 5.72. The average molecular weight is 729 g/mol. The van der Waals surface area contributed by atoms with Crippen LogP contribution in [0.15, 0.2) is 72.9 Å². The van der Waals surface area contributed by atoms with Crippen LogP contribution in [0.3, 0.4) is 0 Å².